The Morgan fingerprint density at radius 2 is 2.00 bits per heavy atom. The van der Waals surface area contributed by atoms with E-state index >= 15 is 0 Å². The molecule has 8 heteroatoms. The van der Waals surface area contributed by atoms with Crippen LogP contribution >= 0.6 is 31.9 Å². The molecule has 0 fully saturated rings. The lowest BCUT2D eigenvalue weighted by Gasteiger charge is -2.13. The van der Waals surface area contributed by atoms with E-state index in [1.54, 1.807) is 13.3 Å². The fraction of sp³-hybridized carbons (Fsp3) is 0.167. The number of methoxy groups -OCH3 is 1. The normalized spacial score (nSPS) is 10.2. The van der Waals surface area contributed by atoms with Crippen molar-refractivity contribution in [2.75, 3.05) is 17.9 Å². The number of nitrogen functional groups attached to an aromatic ring is 1. The van der Waals surface area contributed by atoms with E-state index in [2.05, 4.69) is 52.6 Å². The molecule has 20 heavy (non-hydrogen) atoms. The number of nitrogens with two attached hydrogens (primary N) is 1. The third-order valence-corrected chi connectivity index (χ3v) is 3.87. The lowest BCUT2D eigenvalue weighted by Crippen LogP contribution is -2.11. The molecule has 0 saturated carbocycles. The van der Waals surface area contributed by atoms with E-state index in [0.717, 1.165) is 25.9 Å². The molecule has 0 atom stereocenters. The number of hydrogen-bond acceptors (Lipinski definition) is 6. The van der Waals surface area contributed by atoms with E-state index in [9.17, 15) is 0 Å². The fourth-order valence-corrected chi connectivity index (χ4v) is 2.80. The van der Waals surface area contributed by atoms with E-state index < -0.39 is 0 Å². The van der Waals surface area contributed by atoms with Crippen LogP contribution in [0.25, 0.3) is 0 Å². The van der Waals surface area contributed by atoms with Crippen molar-refractivity contribution in [3.05, 3.63) is 32.8 Å². The number of rotatable bonds is 4. The van der Waals surface area contributed by atoms with Crippen LogP contribution in [0, 0.1) is 6.92 Å². The van der Waals surface area contributed by atoms with E-state index in [-0.39, 0.29) is 0 Å². The molecule has 0 bridgehead atoms. The predicted molar refractivity (Wildman–Crippen MR) is 86.3 cm³/mol. The summed E-state index contributed by atoms with van der Waals surface area (Å²) in [6.45, 7) is 1.91. The number of ether oxygens (including phenoxy) is 1. The lowest BCUT2D eigenvalue weighted by atomic mass is 10.2. The molecule has 2 aromatic rings. The second kappa shape index (κ2) is 6.38. The highest BCUT2D eigenvalue weighted by Crippen LogP contribution is 2.36. The van der Waals surface area contributed by atoms with Gasteiger partial charge in [0.1, 0.15) is 11.6 Å². The van der Waals surface area contributed by atoms with E-state index in [0.29, 0.717) is 11.8 Å². The number of nitrogens with one attached hydrogen (secondary N) is 2. The topological polar surface area (TPSA) is 85.1 Å². The number of hydrogen-bond donors (Lipinski definition) is 3. The van der Waals surface area contributed by atoms with Crippen molar-refractivity contribution in [2.24, 2.45) is 5.84 Å². The Morgan fingerprint density at radius 3 is 2.65 bits per heavy atom. The lowest BCUT2D eigenvalue weighted by molar-refractivity contribution is 0.412. The highest BCUT2D eigenvalue weighted by atomic mass is 79.9. The standard InChI is InChI=1S/C12H13Br2N5O/c1-6-5-16-12(19-15)18-11(6)17-9-4-10(20-2)8(14)3-7(9)13/h3-5H,15H2,1-2H3,(H2,16,17,18,19). The first kappa shape index (κ1) is 15.0. The van der Waals surface area contributed by atoms with Gasteiger partial charge in [-0.3, -0.25) is 5.43 Å². The van der Waals surface area contributed by atoms with Crippen LogP contribution in [0.15, 0.2) is 27.3 Å². The molecule has 0 aliphatic rings. The molecule has 1 aromatic heterocycles. The van der Waals surface area contributed by atoms with Gasteiger partial charge in [0.05, 0.1) is 17.3 Å². The molecule has 0 amide bonds. The summed E-state index contributed by atoms with van der Waals surface area (Å²) in [6, 6.07) is 3.77. The van der Waals surface area contributed by atoms with E-state index in [1.807, 2.05) is 19.1 Å². The minimum Gasteiger partial charge on any atom is -0.495 e. The molecule has 2 rings (SSSR count). The molecule has 0 saturated heterocycles. The van der Waals surface area contributed by atoms with Gasteiger partial charge in [0.25, 0.3) is 0 Å². The third-order valence-electron chi connectivity index (χ3n) is 2.60. The summed E-state index contributed by atoms with van der Waals surface area (Å²) in [4.78, 5) is 8.31. The van der Waals surface area contributed by atoms with Crippen molar-refractivity contribution in [2.45, 2.75) is 6.92 Å². The first-order valence-electron chi connectivity index (χ1n) is 5.65. The molecule has 1 aromatic carbocycles. The van der Waals surface area contributed by atoms with Crippen molar-refractivity contribution < 1.29 is 4.74 Å². The molecule has 0 aliphatic carbocycles. The van der Waals surface area contributed by atoms with Gasteiger partial charge >= 0.3 is 0 Å². The Morgan fingerprint density at radius 1 is 1.25 bits per heavy atom. The SMILES string of the molecule is COc1cc(Nc2nc(NN)ncc2C)c(Br)cc1Br. The molecule has 4 N–H and O–H groups in total. The van der Waals surface area contributed by atoms with Gasteiger partial charge in [-0.15, -0.1) is 0 Å². The predicted octanol–water partition coefficient (Wildman–Crippen LogP) is 3.35. The molecule has 0 unspecified atom stereocenters. The number of halogens is 2. The van der Waals surface area contributed by atoms with Crippen molar-refractivity contribution in [3.8, 4) is 5.75 Å². The van der Waals surface area contributed by atoms with Crippen LogP contribution in [-0.4, -0.2) is 17.1 Å². The maximum Gasteiger partial charge on any atom is 0.239 e. The van der Waals surface area contributed by atoms with Gasteiger partial charge in [0, 0.05) is 22.3 Å². The van der Waals surface area contributed by atoms with Crippen molar-refractivity contribution in [1.29, 1.82) is 0 Å². The fourth-order valence-electron chi connectivity index (χ4n) is 1.55. The number of aromatic nitrogens is 2. The maximum atomic E-state index is 5.32. The summed E-state index contributed by atoms with van der Waals surface area (Å²) < 4.78 is 7.02. The van der Waals surface area contributed by atoms with E-state index in [1.165, 1.54) is 0 Å². The zero-order chi connectivity index (χ0) is 14.7. The van der Waals surface area contributed by atoms with Gasteiger partial charge in [0.2, 0.25) is 5.95 Å². The maximum absolute atomic E-state index is 5.32. The molecule has 0 spiro atoms. The number of hydrazine groups is 1. The molecule has 0 aliphatic heterocycles. The number of benzene rings is 1. The van der Waals surface area contributed by atoms with Crippen LogP contribution in [0.4, 0.5) is 17.5 Å². The van der Waals surface area contributed by atoms with Crippen molar-refractivity contribution >= 4 is 49.3 Å². The van der Waals surface area contributed by atoms with Crippen LogP contribution < -0.4 is 21.3 Å². The Kier molecular flexibility index (Phi) is 4.79. The molecular formula is C12H13Br2N5O. The molecule has 6 nitrogen and oxygen atoms in total. The average molecular weight is 403 g/mol. The summed E-state index contributed by atoms with van der Waals surface area (Å²) >= 11 is 6.93. The second-order valence-corrected chi connectivity index (χ2v) is 5.67. The first-order chi connectivity index (χ1) is 9.55. The Balaban J connectivity index is 2.39. The average Bonchev–Trinajstić information content (AvgIpc) is 2.44. The van der Waals surface area contributed by atoms with Gasteiger partial charge in [-0.1, -0.05) is 0 Å². The molecule has 106 valence electrons. The zero-order valence-electron chi connectivity index (χ0n) is 10.9. The van der Waals surface area contributed by atoms with E-state index in [4.69, 9.17) is 10.6 Å². The number of aryl methyl sites for hydroxylation is 1. The third kappa shape index (κ3) is 3.20. The largest absolute Gasteiger partial charge is 0.495 e. The summed E-state index contributed by atoms with van der Waals surface area (Å²) in [5.74, 6) is 7.05. The van der Waals surface area contributed by atoms with Crippen LogP contribution in [0.3, 0.4) is 0 Å². The van der Waals surface area contributed by atoms with Gasteiger partial charge in [-0.05, 0) is 44.8 Å². The molecule has 0 radical (unpaired) electrons. The van der Waals surface area contributed by atoms with Crippen LogP contribution in [0.5, 0.6) is 5.75 Å². The quantitative estimate of drug-likeness (QED) is 0.537. The Bertz CT molecular complexity index is 635. The summed E-state index contributed by atoms with van der Waals surface area (Å²) in [7, 11) is 1.62. The first-order valence-corrected chi connectivity index (χ1v) is 7.24. The summed E-state index contributed by atoms with van der Waals surface area (Å²) in [6.07, 6.45) is 1.69. The molecular weight excluding hydrogens is 390 g/mol. The monoisotopic (exact) mass is 401 g/mol. The van der Waals surface area contributed by atoms with Crippen molar-refractivity contribution in [3.63, 3.8) is 0 Å². The van der Waals surface area contributed by atoms with Gasteiger partial charge < -0.3 is 10.1 Å². The number of nitrogens with zero attached hydrogens (tertiary/aromatic N) is 2. The van der Waals surface area contributed by atoms with Crippen LogP contribution in [-0.2, 0) is 0 Å². The van der Waals surface area contributed by atoms with Gasteiger partial charge in [0.15, 0.2) is 0 Å². The van der Waals surface area contributed by atoms with Crippen LogP contribution in [0.2, 0.25) is 0 Å². The van der Waals surface area contributed by atoms with Gasteiger partial charge in [-0.2, -0.15) is 4.98 Å². The van der Waals surface area contributed by atoms with Gasteiger partial charge in [-0.25, -0.2) is 10.8 Å². The molecule has 1 heterocycles. The smallest absolute Gasteiger partial charge is 0.239 e. The summed E-state index contributed by atoms with van der Waals surface area (Å²) in [5.41, 5.74) is 4.15. The Labute approximate surface area is 133 Å². The van der Waals surface area contributed by atoms with Crippen molar-refractivity contribution in [1.82, 2.24) is 9.97 Å². The number of anilines is 3. The highest BCUT2D eigenvalue weighted by Gasteiger charge is 2.10. The summed E-state index contributed by atoms with van der Waals surface area (Å²) in [5, 5.41) is 3.22. The Hall–Kier alpha value is -1.38. The van der Waals surface area contributed by atoms with Crippen LogP contribution in [0.1, 0.15) is 5.56 Å². The highest BCUT2D eigenvalue weighted by molar-refractivity contribution is 9.11. The zero-order valence-corrected chi connectivity index (χ0v) is 14.0. The second-order valence-electron chi connectivity index (χ2n) is 3.96. The minimum absolute atomic E-state index is 0.346. The minimum atomic E-state index is 0.346.